The van der Waals surface area contributed by atoms with Crippen molar-refractivity contribution >= 4 is 13.7 Å². The lowest BCUT2D eigenvalue weighted by Gasteiger charge is -2.25. The van der Waals surface area contributed by atoms with E-state index in [9.17, 15) is 19.4 Å². The summed E-state index contributed by atoms with van der Waals surface area (Å²) in [7, 11) is 1.57. The summed E-state index contributed by atoms with van der Waals surface area (Å²) in [6, 6.07) is -0.860. The molecule has 0 bridgehead atoms. The van der Waals surface area contributed by atoms with Gasteiger partial charge in [-0.2, -0.15) is 0 Å². The van der Waals surface area contributed by atoms with Crippen molar-refractivity contribution in [3.8, 4) is 0 Å². The number of phosphoric acid groups is 1. The number of amides is 1. The maximum atomic E-state index is 13.0. The lowest BCUT2D eigenvalue weighted by atomic mass is 10.0. The van der Waals surface area contributed by atoms with Crippen LogP contribution in [0.25, 0.3) is 0 Å². The molecule has 3 unspecified atom stereocenters. The summed E-state index contributed by atoms with van der Waals surface area (Å²) >= 11 is 0. The van der Waals surface area contributed by atoms with Gasteiger partial charge in [0.15, 0.2) is 0 Å². The normalized spacial score (nSPS) is 14.0. The zero-order chi connectivity index (χ0) is 52.0. The van der Waals surface area contributed by atoms with Crippen molar-refractivity contribution < 1.29 is 32.9 Å². The smallest absolute Gasteiger partial charge is 0.387 e. The first-order valence-corrected chi connectivity index (χ1v) is 32.7. The first-order chi connectivity index (χ1) is 34.5. The average Bonchev–Trinajstić information content (AvgIpc) is 3.33. The molecule has 0 aromatic heterocycles. The van der Waals surface area contributed by atoms with Gasteiger partial charge in [0.1, 0.15) is 13.2 Å². The minimum Gasteiger partial charge on any atom is -0.387 e. The van der Waals surface area contributed by atoms with E-state index in [4.69, 9.17) is 9.05 Å². The molecular formula is C62H124N2O6P+. The molecule has 0 spiro atoms. The number of allylic oxidation sites excluding steroid dienone is 3. The Balaban J connectivity index is 4.12. The fraction of sp³-hybridized carbons (Fsp3) is 0.919. The van der Waals surface area contributed by atoms with Crippen molar-refractivity contribution in [3.05, 3.63) is 24.3 Å². The zero-order valence-corrected chi connectivity index (χ0v) is 49.1. The van der Waals surface area contributed by atoms with Crippen LogP contribution >= 0.6 is 7.82 Å². The van der Waals surface area contributed by atoms with Crippen LogP contribution in [0.4, 0.5) is 0 Å². The number of aliphatic hydroxyl groups excluding tert-OH is 1. The number of carbonyl (C=O) groups is 1. The molecule has 9 heteroatoms. The standard InChI is InChI=1S/C62H123N2O6P/c1-6-8-10-12-14-16-18-20-22-24-26-27-28-29-30-31-32-33-34-35-36-37-38-39-41-43-45-47-49-51-53-55-61(65)60(59-70-71(67,68)69-58-57-64(3,4)5)63-62(66)56-54-52-50-48-46-44-42-40-25-23-21-19-17-15-13-11-9-7-2/h45,47,53,55,60-61,65H,6-44,46,48-52,54,56-59H2,1-5H3,(H-,63,66,67,68)/p+1/b47-45+,55-53+. The van der Waals surface area contributed by atoms with Crippen molar-refractivity contribution in [2.75, 3.05) is 40.9 Å². The third kappa shape index (κ3) is 56.5. The SMILES string of the molecule is CCCCCCCCCCCCCCCCCCCCCCCCCCC/C=C/CC/C=C/C(O)C(COP(=O)(O)OCC[N+](C)(C)C)NC(=O)CCCCCCCCCCCCCCCCCCCC. The largest absolute Gasteiger partial charge is 0.472 e. The van der Waals surface area contributed by atoms with Gasteiger partial charge >= 0.3 is 7.82 Å². The number of nitrogens with one attached hydrogen (secondary N) is 1. The Morgan fingerprint density at radius 2 is 0.775 bits per heavy atom. The van der Waals surface area contributed by atoms with Crippen LogP contribution in [0.2, 0.25) is 0 Å². The number of rotatable bonds is 58. The van der Waals surface area contributed by atoms with Crippen molar-refractivity contribution in [2.24, 2.45) is 0 Å². The maximum absolute atomic E-state index is 13.0. The van der Waals surface area contributed by atoms with Gasteiger partial charge in [0.05, 0.1) is 39.9 Å². The molecule has 0 aliphatic carbocycles. The van der Waals surface area contributed by atoms with Crippen molar-refractivity contribution in [2.45, 2.75) is 328 Å². The number of aliphatic hydroxyl groups is 1. The number of phosphoric ester groups is 1. The lowest BCUT2D eigenvalue weighted by molar-refractivity contribution is -0.870. The summed E-state index contributed by atoms with van der Waals surface area (Å²) in [5.41, 5.74) is 0. The molecule has 422 valence electrons. The van der Waals surface area contributed by atoms with Crippen molar-refractivity contribution in [3.63, 3.8) is 0 Å². The Hall–Kier alpha value is -1.02. The molecule has 0 rings (SSSR count). The molecule has 0 heterocycles. The van der Waals surface area contributed by atoms with Gasteiger partial charge in [0.2, 0.25) is 5.91 Å². The summed E-state index contributed by atoms with van der Waals surface area (Å²) in [5.74, 6) is -0.180. The minimum atomic E-state index is -4.35. The van der Waals surface area contributed by atoms with Crippen LogP contribution in [0, 0.1) is 0 Å². The molecule has 0 fully saturated rings. The Morgan fingerprint density at radius 3 is 1.13 bits per heavy atom. The first kappa shape index (κ1) is 70.0. The Morgan fingerprint density at radius 1 is 0.465 bits per heavy atom. The molecule has 0 saturated carbocycles. The Bertz CT molecular complexity index is 1210. The number of unbranched alkanes of at least 4 members (excludes halogenated alkanes) is 43. The van der Waals surface area contributed by atoms with Crippen LogP contribution in [-0.2, 0) is 18.4 Å². The summed E-state index contributed by atoms with van der Waals surface area (Å²) < 4.78 is 23.7. The van der Waals surface area contributed by atoms with Crippen LogP contribution in [0.15, 0.2) is 24.3 Å². The quantitative estimate of drug-likeness (QED) is 0.0243. The fourth-order valence-corrected chi connectivity index (χ4v) is 10.3. The van der Waals surface area contributed by atoms with E-state index < -0.39 is 20.0 Å². The molecule has 8 nitrogen and oxygen atoms in total. The Labute approximate surface area is 443 Å². The summed E-state index contributed by atoms with van der Waals surface area (Å²) in [5, 5.41) is 13.9. The van der Waals surface area contributed by atoms with Crippen molar-refractivity contribution in [1.82, 2.24) is 5.32 Å². The minimum absolute atomic E-state index is 0.0588. The van der Waals surface area contributed by atoms with Gasteiger partial charge in [-0.3, -0.25) is 13.8 Å². The fourth-order valence-electron chi connectivity index (χ4n) is 9.53. The molecule has 3 atom stereocenters. The Kier molecular flexibility index (Phi) is 53.0. The van der Waals surface area contributed by atoms with E-state index in [0.29, 0.717) is 17.4 Å². The van der Waals surface area contributed by atoms with Gasteiger partial charge in [-0.15, -0.1) is 0 Å². The first-order valence-electron chi connectivity index (χ1n) is 31.2. The van der Waals surface area contributed by atoms with Crippen LogP contribution in [-0.4, -0.2) is 73.4 Å². The predicted octanol–water partition coefficient (Wildman–Crippen LogP) is 19.2. The maximum Gasteiger partial charge on any atom is 0.472 e. The summed E-state index contributed by atoms with van der Waals surface area (Å²) in [6.07, 6.45) is 68.8. The highest BCUT2D eigenvalue weighted by Crippen LogP contribution is 2.43. The van der Waals surface area contributed by atoms with E-state index in [-0.39, 0.29) is 19.1 Å². The second kappa shape index (κ2) is 53.8. The third-order valence-corrected chi connectivity index (χ3v) is 15.4. The molecular weight excluding hydrogens is 900 g/mol. The molecule has 71 heavy (non-hydrogen) atoms. The average molecular weight is 1020 g/mol. The van der Waals surface area contributed by atoms with E-state index in [1.54, 1.807) is 6.08 Å². The van der Waals surface area contributed by atoms with E-state index in [1.807, 2.05) is 27.2 Å². The predicted molar refractivity (Wildman–Crippen MR) is 309 cm³/mol. The van der Waals surface area contributed by atoms with Gasteiger partial charge in [0.25, 0.3) is 0 Å². The molecule has 0 saturated heterocycles. The molecule has 0 aliphatic heterocycles. The summed E-state index contributed by atoms with van der Waals surface area (Å²) in [6.45, 7) is 4.85. The number of hydrogen-bond acceptors (Lipinski definition) is 5. The van der Waals surface area contributed by atoms with Gasteiger partial charge in [-0.05, 0) is 32.1 Å². The number of carbonyl (C=O) groups excluding carboxylic acids is 1. The van der Waals surface area contributed by atoms with Crippen LogP contribution in [0.5, 0.6) is 0 Å². The number of likely N-dealkylation sites (N-methyl/N-ethyl adjacent to an activating group) is 1. The molecule has 0 aliphatic rings. The van der Waals surface area contributed by atoms with Gasteiger partial charge in [-0.1, -0.05) is 301 Å². The summed E-state index contributed by atoms with van der Waals surface area (Å²) in [4.78, 5) is 23.3. The van der Waals surface area contributed by atoms with Crippen molar-refractivity contribution in [1.29, 1.82) is 0 Å². The second-order valence-corrected chi connectivity index (χ2v) is 24.2. The van der Waals surface area contributed by atoms with Gasteiger partial charge in [0, 0.05) is 6.42 Å². The molecule has 0 aromatic rings. The molecule has 0 radical (unpaired) electrons. The molecule has 1 amide bonds. The topological polar surface area (TPSA) is 105 Å². The highest BCUT2D eigenvalue weighted by Gasteiger charge is 2.27. The van der Waals surface area contributed by atoms with E-state index in [2.05, 4.69) is 31.3 Å². The van der Waals surface area contributed by atoms with E-state index >= 15 is 0 Å². The second-order valence-electron chi connectivity index (χ2n) is 22.8. The lowest BCUT2D eigenvalue weighted by Crippen LogP contribution is -2.45. The number of nitrogens with zero attached hydrogens (tertiary/aromatic N) is 1. The van der Waals surface area contributed by atoms with E-state index in [0.717, 1.165) is 38.5 Å². The number of quaternary nitrogens is 1. The van der Waals surface area contributed by atoms with E-state index in [1.165, 1.54) is 257 Å². The highest BCUT2D eigenvalue weighted by molar-refractivity contribution is 7.47. The highest BCUT2D eigenvalue weighted by atomic mass is 31.2. The molecule has 3 N–H and O–H groups in total. The van der Waals surface area contributed by atoms with Gasteiger partial charge < -0.3 is 19.8 Å². The van der Waals surface area contributed by atoms with Crippen LogP contribution < -0.4 is 5.32 Å². The van der Waals surface area contributed by atoms with Gasteiger partial charge in [-0.25, -0.2) is 4.57 Å². The van der Waals surface area contributed by atoms with Crippen LogP contribution in [0.3, 0.4) is 0 Å². The van der Waals surface area contributed by atoms with Crippen LogP contribution in [0.1, 0.15) is 316 Å². The zero-order valence-electron chi connectivity index (χ0n) is 48.2. The monoisotopic (exact) mass is 1020 g/mol. The molecule has 0 aromatic carbocycles. The third-order valence-electron chi connectivity index (χ3n) is 14.4. The number of hydrogen-bond donors (Lipinski definition) is 3.